The highest BCUT2D eigenvalue weighted by atomic mass is 35.5. The Balaban J connectivity index is 1.80. The number of hydrogen-bond donors (Lipinski definition) is 1. The van der Waals surface area contributed by atoms with Gasteiger partial charge in [-0.15, -0.1) is 0 Å². The second kappa shape index (κ2) is 9.13. The number of benzene rings is 2. The third kappa shape index (κ3) is 4.37. The summed E-state index contributed by atoms with van der Waals surface area (Å²) in [5.74, 6) is 1.01. The smallest absolute Gasteiger partial charge is 0.332 e. The molecule has 9 nitrogen and oxygen atoms in total. The zero-order valence-corrected chi connectivity index (χ0v) is 19.6. The first-order valence-corrected chi connectivity index (χ1v) is 10.6. The van der Waals surface area contributed by atoms with Gasteiger partial charge in [-0.2, -0.15) is 10.1 Å². The van der Waals surface area contributed by atoms with Gasteiger partial charge in [0, 0.05) is 24.1 Å². The molecule has 0 radical (unpaired) electrons. The molecule has 11 heteroatoms. The van der Waals surface area contributed by atoms with Crippen molar-refractivity contribution in [1.82, 2.24) is 18.7 Å². The van der Waals surface area contributed by atoms with Crippen molar-refractivity contribution in [1.29, 1.82) is 0 Å². The lowest BCUT2D eigenvalue weighted by molar-refractivity contribution is 0.415. The summed E-state index contributed by atoms with van der Waals surface area (Å²) in [6.07, 6.45) is 1.61. The number of anilines is 1. The number of halogens is 2. The normalized spacial score (nSPS) is 11.4. The number of nitrogens with one attached hydrogen (secondary N) is 1. The summed E-state index contributed by atoms with van der Waals surface area (Å²) in [5.41, 5.74) is 3.96. The number of hydrazone groups is 1. The van der Waals surface area contributed by atoms with Crippen LogP contribution in [0.4, 0.5) is 5.95 Å². The Labute approximate surface area is 198 Å². The highest BCUT2D eigenvalue weighted by molar-refractivity contribution is 6.35. The number of aromatic nitrogens is 4. The molecule has 2 aromatic heterocycles. The average molecular weight is 487 g/mol. The topological polar surface area (TPSA) is 95.4 Å². The standard InChI is InChI=1S/C22H20Cl2N6O3/c1-28-19-18(20(31)29(2)22(28)32)30(12-14-6-7-15(23)10-17(14)24)21(26-19)27-25-11-13-4-8-16(33-3)9-5-13/h4-11H,12H2,1-3H3,(H,26,27)/b25-11+. The third-order valence-electron chi connectivity index (χ3n) is 5.19. The van der Waals surface area contributed by atoms with E-state index in [1.54, 1.807) is 43.1 Å². The molecule has 33 heavy (non-hydrogen) atoms. The van der Waals surface area contributed by atoms with Crippen molar-refractivity contribution in [3.05, 3.63) is 84.5 Å². The van der Waals surface area contributed by atoms with Gasteiger partial charge in [0.2, 0.25) is 5.95 Å². The van der Waals surface area contributed by atoms with Crippen molar-refractivity contribution in [2.24, 2.45) is 19.2 Å². The maximum Gasteiger partial charge on any atom is 0.332 e. The fraction of sp³-hybridized carbons (Fsp3) is 0.182. The van der Waals surface area contributed by atoms with Crippen LogP contribution in [0.1, 0.15) is 11.1 Å². The Morgan fingerprint density at radius 2 is 1.82 bits per heavy atom. The second-order valence-corrected chi connectivity index (χ2v) is 8.12. The summed E-state index contributed by atoms with van der Waals surface area (Å²) in [6.45, 7) is 0.209. The number of nitrogens with zero attached hydrogens (tertiary/aromatic N) is 5. The molecule has 170 valence electrons. The monoisotopic (exact) mass is 486 g/mol. The van der Waals surface area contributed by atoms with Crippen LogP contribution in [0, 0.1) is 0 Å². The van der Waals surface area contributed by atoms with Crippen LogP contribution < -0.4 is 21.4 Å². The van der Waals surface area contributed by atoms with E-state index in [1.807, 2.05) is 24.3 Å². The maximum absolute atomic E-state index is 13.0. The molecule has 0 atom stereocenters. The van der Waals surface area contributed by atoms with E-state index in [4.69, 9.17) is 27.9 Å². The summed E-state index contributed by atoms with van der Waals surface area (Å²) in [5, 5.41) is 5.20. The summed E-state index contributed by atoms with van der Waals surface area (Å²) >= 11 is 12.4. The van der Waals surface area contributed by atoms with Gasteiger partial charge in [-0.05, 0) is 47.5 Å². The highest BCUT2D eigenvalue weighted by Crippen LogP contribution is 2.25. The number of methoxy groups -OCH3 is 1. The molecule has 1 N–H and O–H groups in total. The lowest BCUT2D eigenvalue weighted by atomic mass is 10.2. The molecule has 0 saturated heterocycles. The lowest BCUT2D eigenvalue weighted by Gasteiger charge is -2.11. The molecule has 2 heterocycles. The van der Waals surface area contributed by atoms with Gasteiger partial charge in [0.1, 0.15) is 5.75 Å². The van der Waals surface area contributed by atoms with Gasteiger partial charge in [0.25, 0.3) is 5.56 Å². The minimum absolute atomic E-state index is 0.209. The van der Waals surface area contributed by atoms with E-state index >= 15 is 0 Å². The van der Waals surface area contributed by atoms with Crippen LogP contribution in [0.5, 0.6) is 5.75 Å². The molecule has 4 aromatic rings. The molecular weight excluding hydrogens is 467 g/mol. The van der Waals surface area contributed by atoms with Gasteiger partial charge in [0.05, 0.1) is 19.9 Å². The first-order chi connectivity index (χ1) is 15.8. The van der Waals surface area contributed by atoms with E-state index in [0.717, 1.165) is 21.4 Å². The van der Waals surface area contributed by atoms with Crippen LogP contribution in [0.15, 0.2) is 57.2 Å². The Bertz CT molecular complexity index is 1490. The first kappa shape index (κ1) is 22.6. The van der Waals surface area contributed by atoms with E-state index in [1.165, 1.54) is 11.6 Å². The SMILES string of the molecule is COc1ccc(/C=N/Nc2nc3c(c(=O)n(C)c(=O)n3C)n2Cc2ccc(Cl)cc2Cl)cc1. The van der Waals surface area contributed by atoms with E-state index < -0.39 is 11.2 Å². The van der Waals surface area contributed by atoms with Crippen LogP contribution in [0.2, 0.25) is 10.0 Å². The summed E-state index contributed by atoms with van der Waals surface area (Å²) in [4.78, 5) is 29.9. The fourth-order valence-electron chi connectivity index (χ4n) is 3.36. The molecule has 4 rings (SSSR count). The molecule has 0 saturated carbocycles. The minimum atomic E-state index is -0.477. The van der Waals surface area contributed by atoms with Crippen LogP contribution in [-0.4, -0.2) is 32.0 Å². The molecule has 0 aliphatic rings. The number of imidazole rings is 1. The predicted molar refractivity (Wildman–Crippen MR) is 130 cm³/mol. The zero-order chi connectivity index (χ0) is 23.7. The van der Waals surface area contributed by atoms with Crippen molar-refractivity contribution in [2.45, 2.75) is 6.54 Å². The molecule has 0 unspecified atom stereocenters. The number of rotatable bonds is 6. The third-order valence-corrected chi connectivity index (χ3v) is 5.77. The Morgan fingerprint density at radius 3 is 2.48 bits per heavy atom. The summed E-state index contributed by atoms with van der Waals surface area (Å²) in [7, 11) is 4.58. The molecular formula is C22H20Cl2N6O3. The van der Waals surface area contributed by atoms with Gasteiger partial charge in [-0.3, -0.25) is 18.5 Å². The summed E-state index contributed by atoms with van der Waals surface area (Å²) < 4.78 is 9.14. The van der Waals surface area contributed by atoms with E-state index in [0.29, 0.717) is 10.0 Å². The van der Waals surface area contributed by atoms with Gasteiger partial charge in [-0.1, -0.05) is 29.3 Å². The predicted octanol–water partition coefficient (Wildman–Crippen LogP) is 3.24. The maximum atomic E-state index is 13.0. The molecule has 0 amide bonds. The van der Waals surface area contributed by atoms with Gasteiger partial charge < -0.3 is 4.74 Å². The first-order valence-electron chi connectivity index (χ1n) is 9.83. The van der Waals surface area contributed by atoms with Gasteiger partial charge >= 0.3 is 5.69 Å². The molecule has 0 aliphatic carbocycles. The molecule has 0 bridgehead atoms. The average Bonchev–Trinajstić information content (AvgIpc) is 3.16. The van der Waals surface area contributed by atoms with Crippen LogP contribution in [0.3, 0.4) is 0 Å². The number of fused-ring (bicyclic) bond motifs is 1. The number of aryl methyl sites for hydroxylation is 1. The summed E-state index contributed by atoms with van der Waals surface area (Å²) in [6, 6.07) is 12.4. The Morgan fingerprint density at radius 1 is 1.09 bits per heavy atom. The van der Waals surface area contributed by atoms with E-state index in [9.17, 15) is 9.59 Å². The van der Waals surface area contributed by atoms with Crippen LogP contribution >= 0.6 is 23.2 Å². The molecule has 0 aliphatic heterocycles. The molecule has 0 fully saturated rings. The molecule has 2 aromatic carbocycles. The second-order valence-electron chi connectivity index (χ2n) is 7.28. The van der Waals surface area contributed by atoms with E-state index in [-0.39, 0.29) is 23.7 Å². The molecule has 0 spiro atoms. The fourth-order valence-corrected chi connectivity index (χ4v) is 3.83. The minimum Gasteiger partial charge on any atom is -0.497 e. The van der Waals surface area contributed by atoms with E-state index in [2.05, 4.69) is 15.5 Å². The van der Waals surface area contributed by atoms with Crippen molar-refractivity contribution in [3.8, 4) is 5.75 Å². The Kier molecular flexibility index (Phi) is 6.26. The van der Waals surface area contributed by atoms with Crippen molar-refractivity contribution < 1.29 is 4.74 Å². The number of ether oxygens (including phenoxy) is 1. The van der Waals surface area contributed by atoms with Crippen molar-refractivity contribution >= 4 is 46.5 Å². The zero-order valence-electron chi connectivity index (χ0n) is 18.0. The van der Waals surface area contributed by atoms with Gasteiger partial charge in [0.15, 0.2) is 11.2 Å². The lowest BCUT2D eigenvalue weighted by Crippen LogP contribution is -2.37. The quantitative estimate of drug-likeness (QED) is 0.333. The van der Waals surface area contributed by atoms with Crippen LogP contribution in [-0.2, 0) is 20.6 Å². The van der Waals surface area contributed by atoms with Crippen molar-refractivity contribution in [2.75, 3.05) is 12.5 Å². The number of hydrogen-bond acceptors (Lipinski definition) is 6. The largest absolute Gasteiger partial charge is 0.497 e. The van der Waals surface area contributed by atoms with Crippen molar-refractivity contribution in [3.63, 3.8) is 0 Å². The highest BCUT2D eigenvalue weighted by Gasteiger charge is 2.20. The van der Waals surface area contributed by atoms with Crippen LogP contribution in [0.25, 0.3) is 11.2 Å². The van der Waals surface area contributed by atoms with Gasteiger partial charge in [-0.25, -0.2) is 10.2 Å². The Hall–Kier alpha value is -3.56.